The number of aromatic amines is 1. The van der Waals surface area contributed by atoms with Crippen LogP contribution in [-0.2, 0) is 6.54 Å². The number of piperidine rings is 1. The third kappa shape index (κ3) is 4.12. The fraction of sp³-hybridized carbons (Fsp3) is 0.515. The van der Waals surface area contributed by atoms with E-state index < -0.39 is 0 Å². The third-order valence-corrected chi connectivity index (χ3v) is 10.3. The second-order valence-corrected chi connectivity index (χ2v) is 13.3. The predicted octanol–water partition coefficient (Wildman–Crippen LogP) is 5.13. The number of hydrogen-bond acceptors (Lipinski definition) is 5. The number of aromatic nitrogens is 1. The third-order valence-electron chi connectivity index (χ3n) is 10.3. The second kappa shape index (κ2) is 9.36. The molecule has 208 valence electrons. The minimum atomic E-state index is 0.152. The molecule has 3 aliphatic heterocycles. The van der Waals surface area contributed by atoms with Crippen LogP contribution in [0.1, 0.15) is 58.8 Å². The number of H-pyrrole nitrogens is 1. The number of aryl methyl sites for hydroxylation is 1. The molecular weight excluding hydrogens is 498 g/mol. The van der Waals surface area contributed by atoms with Gasteiger partial charge < -0.3 is 19.5 Å². The Bertz CT molecular complexity index is 1480. The number of amides is 1. The monoisotopic (exact) mass is 537 g/mol. The summed E-state index contributed by atoms with van der Waals surface area (Å²) in [6.45, 7) is 7.85. The lowest BCUT2D eigenvalue weighted by molar-refractivity contribution is -0.0872. The molecule has 0 bridgehead atoms. The van der Waals surface area contributed by atoms with Crippen molar-refractivity contribution in [3.8, 4) is 11.8 Å². The number of nitrogens with one attached hydrogen (secondary N) is 1. The SMILES string of the molecule is COc1cc(C)c2[nH]ccc2c1CN1CCC2(CC(C#N)C2)CC1c1ccc(C(=O)N2CC3(CN(C)C3)C2)cc1. The van der Waals surface area contributed by atoms with E-state index >= 15 is 0 Å². The van der Waals surface area contributed by atoms with E-state index in [9.17, 15) is 10.1 Å². The van der Waals surface area contributed by atoms with Crippen molar-refractivity contribution < 1.29 is 9.53 Å². The van der Waals surface area contributed by atoms with Crippen molar-refractivity contribution >= 4 is 16.8 Å². The molecule has 1 atom stereocenters. The summed E-state index contributed by atoms with van der Waals surface area (Å²) < 4.78 is 5.88. The van der Waals surface area contributed by atoms with E-state index in [1.165, 1.54) is 27.6 Å². The first-order valence-electron chi connectivity index (χ1n) is 14.7. The topological polar surface area (TPSA) is 75.6 Å². The molecular formula is C33H39N5O2. The van der Waals surface area contributed by atoms with Crippen LogP contribution < -0.4 is 4.74 Å². The number of methoxy groups -OCH3 is 1. The van der Waals surface area contributed by atoms with E-state index in [-0.39, 0.29) is 23.3 Å². The molecule has 7 nitrogen and oxygen atoms in total. The summed E-state index contributed by atoms with van der Waals surface area (Å²) >= 11 is 0. The van der Waals surface area contributed by atoms with Gasteiger partial charge in [-0.3, -0.25) is 9.69 Å². The van der Waals surface area contributed by atoms with Crippen LogP contribution in [-0.4, -0.2) is 72.5 Å². The fourth-order valence-corrected chi connectivity index (χ4v) is 8.36. The molecule has 1 N–H and O–H groups in total. The predicted molar refractivity (Wildman–Crippen MR) is 155 cm³/mol. The van der Waals surface area contributed by atoms with E-state index in [1.54, 1.807) is 7.11 Å². The number of carbonyl (C=O) groups is 1. The van der Waals surface area contributed by atoms with Crippen LogP contribution in [0.25, 0.3) is 10.9 Å². The van der Waals surface area contributed by atoms with Gasteiger partial charge in [0.1, 0.15) is 5.75 Å². The summed E-state index contributed by atoms with van der Waals surface area (Å²) in [5.74, 6) is 1.28. The van der Waals surface area contributed by atoms with Crippen molar-refractivity contribution in [3.63, 3.8) is 0 Å². The molecule has 3 aromatic rings. The molecule has 7 heteroatoms. The van der Waals surface area contributed by atoms with Gasteiger partial charge in [0.15, 0.2) is 0 Å². The number of ether oxygens (including phenoxy) is 1. The number of nitriles is 1. The Labute approximate surface area is 236 Å². The van der Waals surface area contributed by atoms with Crippen LogP contribution in [0.2, 0.25) is 0 Å². The van der Waals surface area contributed by atoms with Crippen molar-refractivity contribution in [2.75, 3.05) is 46.9 Å². The van der Waals surface area contributed by atoms with Gasteiger partial charge >= 0.3 is 0 Å². The Hall–Kier alpha value is -3.34. The number of fused-ring (bicyclic) bond motifs is 1. The average molecular weight is 538 g/mol. The first-order chi connectivity index (χ1) is 19.3. The van der Waals surface area contributed by atoms with Gasteiger partial charge in [0.05, 0.1) is 13.2 Å². The number of hydrogen-bond donors (Lipinski definition) is 1. The molecule has 1 saturated carbocycles. The highest BCUT2D eigenvalue weighted by Crippen LogP contribution is 2.57. The van der Waals surface area contributed by atoms with Crippen LogP contribution in [0.3, 0.4) is 0 Å². The molecule has 40 heavy (non-hydrogen) atoms. The number of likely N-dealkylation sites (tertiary alicyclic amines) is 3. The lowest BCUT2D eigenvalue weighted by Crippen LogP contribution is -2.72. The van der Waals surface area contributed by atoms with Crippen molar-refractivity contribution in [2.24, 2.45) is 16.7 Å². The molecule has 0 radical (unpaired) electrons. The van der Waals surface area contributed by atoms with Gasteiger partial charge in [-0.1, -0.05) is 12.1 Å². The van der Waals surface area contributed by atoms with Gasteiger partial charge in [0.25, 0.3) is 5.91 Å². The number of benzene rings is 2. The van der Waals surface area contributed by atoms with E-state index in [4.69, 9.17) is 4.74 Å². The lowest BCUT2D eigenvalue weighted by atomic mass is 9.56. The average Bonchev–Trinajstić information content (AvgIpc) is 3.41. The molecule has 3 saturated heterocycles. The van der Waals surface area contributed by atoms with Crippen LogP contribution in [0.15, 0.2) is 42.6 Å². The Morgan fingerprint density at radius 3 is 2.52 bits per heavy atom. The first kappa shape index (κ1) is 25.6. The second-order valence-electron chi connectivity index (χ2n) is 13.3. The van der Waals surface area contributed by atoms with E-state index in [0.29, 0.717) is 5.41 Å². The van der Waals surface area contributed by atoms with Crippen LogP contribution in [0.5, 0.6) is 5.75 Å². The highest BCUT2D eigenvalue weighted by molar-refractivity contribution is 5.95. The van der Waals surface area contributed by atoms with Crippen molar-refractivity contribution in [2.45, 2.75) is 45.2 Å². The summed E-state index contributed by atoms with van der Waals surface area (Å²) in [5.41, 5.74) is 6.20. The summed E-state index contributed by atoms with van der Waals surface area (Å²) in [6, 6.07) is 15.4. The normalized spacial score (nSPS) is 27.7. The van der Waals surface area contributed by atoms with Crippen molar-refractivity contribution in [1.82, 2.24) is 19.7 Å². The van der Waals surface area contributed by atoms with Crippen molar-refractivity contribution in [1.29, 1.82) is 5.26 Å². The first-order valence-corrected chi connectivity index (χ1v) is 14.7. The van der Waals surface area contributed by atoms with Gasteiger partial charge in [-0.25, -0.2) is 0 Å². The minimum Gasteiger partial charge on any atom is -0.496 e. The molecule has 2 aromatic carbocycles. The molecule has 1 amide bonds. The van der Waals surface area contributed by atoms with E-state index in [2.05, 4.69) is 59.1 Å². The molecule has 7 rings (SSSR count). The van der Waals surface area contributed by atoms with E-state index in [1.807, 2.05) is 23.2 Å². The molecule has 1 aliphatic carbocycles. The Morgan fingerprint density at radius 2 is 1.85 bits per heavy atom. The molecule has 4 aliphatic rings. The van der Waals surface area contributed by atoms with Gasteiger partial charge in [-0.15, -0.1) is 0 Å². The zero-order chi connectivity index (χ0) is 27.6. The highest BCUT2D eigenvalue weighted by atomic mass is 16.5. The maximum atomic E-state index is 13.2. The maximum Gasteiger partial charge on any atom is 0.253 e. The Balaban J connectivity index is 1.14. The van der Waals surface area contributed by atoms with Crippen molar-refractivity contribution in [3.05, 3.63) is 64.8 Å². The summed E-state index contributed by atoms with van der Waals surface area (Å²) in [6.07, 6.45) is 6.19. The summed E-state index contributed by atoms with van der Waals surface area (Å²) in [7, 11) is 3.90. The van der Waals surface area contributed by atoms with E-state index in [0.717, 1.165) is 76.3 Å². The van der Waals surface area contributed by atoms with Gasteiger partial charge in [-0.05, 0) is 87.0 Å². The number of nitrogens with zero attached hydrogens (tertiary/aromatic N) is 4. The van der Waals surface area contributed by atoms with Gasteiger partial charge in [0, 0.05) is 78.3 Å². The summed E-state index contributed by atoms with van der Waals surface area (Å²) in [5, 5.41) is 10.7. The molecule has 1 aromatic heterocycles. The lowest BCUT2D eigenvalue weighted by Gasteiger charge is -2.59. The van der Waals surface area contributed by atoms with Crippen LogP contribution >= 0.6 is 0 Å². The summed E-state index contributed by atoms with van der Waals surface area (Å²) in [4.78, 5) is 23.5. The largest absolute Gasteiger partial charge is 0.496 e. The smallest absolute Gasteiger partial charge is 0.253 e. The quantitative estimate of drug-likeness (QED) is 0.488. The Morgan fingerprint density at radius 1 is 1.10 bits per heavy atom. The molecule has 2 spiro atoms. The van der Waals surface area contributed by atoms with Gasteiger partial charge in [-0.2, -0.15) is 5.26 Å². The number of carbonyl (C=O) groups excluding carboxylic acids is 1. The fourth-order valence-electron chi connectivity index (χ4n) is 8.36. The maximum absolute atomic E-state index is 13.2. The standard InChI is InChI=1S/C33H39N5O2/c1-22-12-29(40-3)27(26-8-10-35-30(22)26)17-37-11-9-32(13-23(14-32)16-34)15-28(37)24-4-6-25(7-5-24)31(39)38-20-33(21-38)18-36(2)19-33/h4-8,10,12,23,28,35H,9,11,13-15,17-21H2,1-3H3. The molecule has 1 unspecified atom stereocenters. The van der Waals surface area contributed by atoms with Crippen LogP contribution in [0.4, 0.5) is 0 Å². The zero-order valence-electron chi connectivity index (χ0n) is 23.9. The molecule has 4 heterocycles. The van der Waals surface area contributed by atoms with Gasteiger partial charge in [0.2, 0.25) is 0 Å². The molecule has 4 fully saturated rings. The number of rotatable bonds is 5. The highest BCUT2D eigenvalue weighted by Gasteiger charge is 2.52. The zero-order valence-corrected chi connectivity index (χ0v) is 23.9. The Kier molecular flexibility index (Phi) is 5.99. The van der Waals surface area contributed by atoms with Crippen LogP contribution in [0, 0.1) is 35.0 Å². The minimum absolute atomic E-state index is 0.152.